The topological polar surface area (TPSA) is 0 Å². The SMILES string of the molecule is C[SiH2]C[C](C)(C)[Cd]. The van der Waals surface area contributed by atoms with Gasteiger partial charge in [-0.25, -0.2) is 0 Å². The second kappa shape index (κ2) is 3.22. The Kier molecular flexibility index (Phi) is 3.75. The van der Waals surface area contributed by atoms with Gasteiger partial charge in [-0.3, -0.25) is 0 Å². The Balaban J connectivity index is 3.15. The van der Waals surface area contributed by atoms with Crippen LogP contribution in [0.25, 0.3) is 0 Å². The molecule has 0 heterocycles. The van der Waals surface area contributed by atoms with E-state index in [0.717, 1.165) is 28.7 Å². The molecule has 0 aromatic carbocycles. The van der Waals surface area contributed by atoms with Crippen LogP contribution in [0.3, 0.4) is 0 Å². The second-order valence-electron chi connectivity index (χ2n) is 2.91. The average molecular weight is 214 g/mol. The fraction of sp³-hybridized carbons (Fsp3) is 1.00. The molecule has 0 aliphatic carbocycles. The summed E-state index contributed by atoms with van der Waals surface area (Å²) in [6.45, 7) is 7.16. The van der Waals surface area contributed by atoms with Crippen molar-refractivity contribution in [2.45, 2.75) is 29.4 Å². The molecule has 0 aliphatic rings. The molecule has 0 nitrogen and oxygen atoms in total. The monoisotopic (exact) mass is 215 g/mol. The van der Waals surface area contributed by atoms with Gasteiger partial charge in [-0.1, -0.05) is 0 Å². The third kappa shape index (κ3) is 7.14. The molecule has 0 amide bonds. The summed E-state index contributed by atoms with van der Waals surface area (Å²) < 4.78 is 0.782. The van der Waals surface area contributed by atoms with E-state index in [9.17, 15) is 0 Å². The Morgan fingerprint density at radius 1 is 1.57 bits per heavy atom. The molecule has 0 aromatic rings. The molecule has 7 heavy (non-hydrogen) atoms. The third-order valence-corrected chi connectivity index (χ3v) is 5.81. The Hall–Kier alpha value is 1.14. The molecule has 0 N–H and O–H groups in total. The molecule has 0 spiro atoms. The van der Waals surface area contributed by atoms with Gasteiger partial charge in [-0.2, -0.15) is 0 Å². The molecular formula is C5H13CdSi. The maximum atomic E-state index is 2.39. The summed E-state index contributed by atoms with van der Waals surface area (Å²) >= 11 is 1.16. The van der Waals surface area contributed by atoms with Crippen LogP contribution >= 0.6 is 0 Å². The van der Waals surface area contributed by atoms with Gasteiger partial charge in [0, 0.05) is 0 Å². The molecule has 0 atom stereocenters. The molecule has 0 bridgehead atoms. The van der Waals surface area contributed by atoms with Crippen LogP contribution in [0.4, 0.5) is 0 Å². The molecule has 0 aliphatic heterocycles. The van der Waals surface area contributed by atoms with Crippen LogP contribution in [0, 0.1) is 0 Å². The second-order valence-corrected chi connectivity index (χ2v) is 9.88. The van der Waals surface area contributed by atoms with Crippen molar-refractivity contribution < 1.29 is 25.8 Å². The van der Waals surface area contributed by atoms with E-state index in [2.05, 4.69) is 20.4 Å². The Morgan fingerprint density at radius 3 is 2.00 bits per heavy atom. The first-order valence-corrected chi connectivity index (χ1v) is 7.35. The van der Waals surface area contributed by atoms with E-state index in [4.69, 9.17) is 0 Å². The molecule has 0 rings (SSSR count). The fourth-order valence-electron chi connectivity index (χ4n) is 0.677. The quantitative estimate of drug-likeness (QED) is 0.608. The zero-order chi connectivity index (χ0) is 5.91. The summed E-state index contributed by atoms with van der Waals surface area (Å²) in [4.78, 5) is 0. The minimum absolute atomic E-state index is 0.352. The van der Waals surface area contributed by atoms with Crippen LogP contribution in [0.15, 0.2) is 0 Å². The fourth-order valence-corrected chi connectivity index (χ4v) is 5.06. The van der Waals surface area contributed by atoms with Crippen molar-refractivity contribution in [3.05, 3.63) is 0 Å². The van der Waals surface area contributed by atoms with Crippen LogP contribution in [0.1, 0.15) is 13.8 Å². The maximum absolute atomic E-state index is 2.39. The summed E-state index contributed by atoms with van der Waals surface area (Å²) in [5, 5.41) is 0. The van der Waals surface area contributed by atoms with Gasteiger partial charge in [-0.15, -0.1) is 0 Å². The normalized spacial score (nSPS) is 13.9. The molecular weight excluding hydrogens is 201 g/mol. The average Bonchev–Trinajstić information content (AvgIpc) is 1.30. The molecule has 0 saturated carbocycles. The first kappa shape index (κ1) is 8.14. The summed E-state index contributed by atoms with van der Waals surface area (Å²) in [6, 6.07) is 1.55. The molecule has 0 saturated heterocycles. The number of hydrogen-bond acceptors (Lipinski definition) is 0. The van der Waals surface area contributed by atoms with Crippen LogP contribution < -0.4 is 0 Å². The van der Waals surface area contributed by atoms with E-state index < -0.39 is 0 Å². The summed E-state index contributed by atoms with van der Waals surface area (Å²) in [6.07, 6.45) is 0. The van der Waals surface area contributed by atoms with Crippen LogP contribution in [0.2, 0.25) is 15.6 Å². The van der Waals surface area contributed by atoms with E-state index in [1.54, 1.807) is 6.04 Å². The third-order valence-electron chi connectivity index (χ3n) is 0.927. The summed E-state index contributed by atoms with van der Waals surface area (Å²) in [7, 11) is 0.352. The predicted octanol–water partition coefficient (Wildman–Crippen LogP) is 1.37. The van der Waals surface area contributed by atoms with E-state index in [1.165, 1.54) is 0 Å². The predicted molar refractivity (Wildman–Crippen MR) is 33.3 cm³/mol. The first-order valence-electron chi connectivity index (χ1n) is 2.91. The first-order chi connectivity index (χ1) is 3.06. The van der Waals surface area contributed by atoms with Crippen LogP contribution in [0.5, 0.6) is 0 Å². The van der Waals surface area contributed by atoms with Crippen LogP contribution in [-0.4, -0.2) is 9.52 Å². The molecule has 0 unspecified atom stereocenters. The van der Waals surface area contributed by atoms with Crippen LogP contribution in [-0.2, 0) is 25.8 Å². The zero-order valence-corrected chi connectivity index (χ0v) is 11.1. The zero-order valence-electron chi connectivity index (χ0n) is 5.62. The van der Waals surface area contributed by atoms with Gasteiger partial charge in [0.25, 0.3) is 0 Å². The van der Waals surface area contributed by atoms with Gasteiger partial charge in [0.15, 0.2) is 0 Å². The molecule has 39 valence electrons. The van der Waals surface area contributed by atoms with Crippen molar-refractivity contribution in [2.75, 3.05) is 0 Å². The van der Waals surface area contributed by atoms with Crippen molar-refractivity contribution in [2.24, 2.45) is 0 Å². The summed E-state index contributed by atoms with van der Waals surface area (Å²) in [5.74, 6) is 0. The molecule has 0 fully saturated rings. The van der Waals surface area contributed by atoms with Gasteiger partial charge in [0.2, 0.25) is 0 Å². The van der Waals surface area contributed by atoms with Crippen molar-refractivity contribution in [3.63, 3.8) is 0 Å². The standard InChI is InChI=1S/C5H13Si.Cd/c1-5(2)4-6-3;/h4,6H2,1-3H3;. The van der Waals surface area contributed by atoms with Gasteiger partial charge in [0.1, 0.15) is 0 Å². The van der Waals surface area contributed by atoms with E-state index in [0.29, 0.717) is 9.52 Å². The van der Waals surface area contributed by atoms with Crippen molar-refractivity contribution in [1.29, 1.82) is 0 Å². The Morgan fingerprint density at radius 2 is 2.00 bits per heavy atom. The van der Waals surface area contributed by atoms with E-state index in [-0.39, 0.29) is 0 Å². The molecule has 2 heteroatoms. The van der Waals surface area contributed by atoms with Crippen molar-refractivity contribution in [1.82, 2.24) is 0 Å². The van der Waals surface area contributed by atoms with E-state index >= 15 is 0 Å². The van der Waals surface area contributed by atoms with Gasteiger partial charge in [0.05, 0.1) is 0 Å². The van der Waals surface area contributed by atoms with Crippen molar-refractivity contribution in [3.8, 4) is 0 Å². The molecule has 0 aromatic heterocycles. The molecule has 0 radical (unpaired) electrons. The minimum atomic E-state index is 0.352. The van der Waals surface area contributed by atoms with Gasteiger partial charge < -0.3 is 0 Å². The van der Waals surface area contributed by atoms with Gasteiger partial charge in [-0.05, 0) is 0 Å². The number of hydrogen-bond donors (Lipinski definition) is 0. The summed E-state index contributed by atoms with van der Waals surface area (Å²) in [5.41, 5.74) is 0. The Labute approximate surface area is 64.6 Å². The number of rotatable bonds is 2. The van der Waals surface area contributed by atoms with E-state index in [1.807, 2.05) is 0 Å². The van der Waals surface area contributed by atoms with Gasteiger partial charge >= 0.3 is 64.7 Å². The Bertz CT molecular complexity index is 46.5. The van der Waals surface area contributed by atoms with Crippen molar-refractivity contribution >= 4 is 9.52 Å².